The van der Waals surface area contributed by atoms with E-state index < -0.39 is 64.9 Å². The van der Waals surface area contributed by atoms with E-state index in [2.05, 4.69) is 0 Å². The fourth-order valence-corrected chi connectivity index (χ4v) is 7.61. The Morgan fingerprint density at radius 2 is 1.56 bits per heavy atom. The highest BCUT2D eigenvalue weighted by Gasteiger charge is 2.81. The third-order valence-corrected chi connectivity index (χ3v) is 9.38. The molecule has 0 aromatic heterocycles. The van der Waals surface area contributed by atoms with E-state index in [1.165, 1.54) is 13.0 Å². The molecule has 1 N–H and O–H groups in total. The first kappa shape index (κ1) is 29.0. The fraction of sp³-hybridized carbons (Fsp3) is 0.485. The van der Waals surface area contributed by atoms with Gasteiger partial charge < -0.3 is 24.1 Å². The lowest BCUT2D eigenvalue weighted by Crippen LogP contribution is -2.76. The molecule has 2 aromatic rings. The zero-order valence-corrected chi connectivity index (χ0v) is 24.1. The number of esters is 3. The Labute approximate surface area is 240 Å². The molecule has 1 spiro atoms. The van der Waals surface area contributed by atoms with Crippen LogP contribution in [-0.4, -0.2) is 58.6 Å². The molecule has 3 aliphatic rings. The van der Waals surface area contributed by atoms with Gasteiger partial charge in [0.1, 0.15) is 17.8 Å². The molecule has 1 aliphatic heterocycles. The molecule has 218 valence electrons. The minimum absolute atomic E-state index is 0.175. The fourth-order valence-electron chi connectivity index (χ4n) is 7.61. The van der Waals surface area contributed by atoms with Crippen LogP contribution in [0, 0.1) is 17.3 Å². The first-order chi connectivity index (χ1) is 19.4. The molecular weight excluding hydrogens is 524 g/mol. The molecule has 3 fully saturated rings. The quantitative estimate of drug-likeness (QED) is 0.306. The summed E-state index contributed by atoms with van der Waals surface area (Å²) in [5.74, 6) is -2.66. The molecule has 2 aliphatic carbocycles. The smallest absolute Gasteiger partial charge is 0.338 e. The Bertz CT molecular complexity index is 1320. The van der Waals surface area contributed by atoms with Gasteiger partial charge in [0.05, 0.1) is 28.6 Å². The first-order valence-corrected chi connectivity index (χ1v) is 14.2. The zero-order valence-electron chi connectivity index (χ0n) is 24.1. The minimum Gasteiger partial charge on any atom is -0.462 e. The van der Waals surface area contributed by atoms with E-state index in [1.54, 1.807) is 36.4 Å². The SMILES string of the molecule is CC(=O)O[C@H]1CC[C@@H](C)[C@]23OC(C)(C)[C@H]([C@H](OC(=O)/C=C\c4ccccc4)[C@H](OC(=O)c4ccccc4)[C@]12C)[C@H]3O. The molecular formula is C33H38O8. The molecule has 0 radical (unpaired) electrons. The Morgan fingerprint density at radius 3 is 2.20 bits per heavy atom. The van der Waals surface area contributed by atoms with Crippen molar-refractivity contribution in [1.82, 2.24) is 0 Å². The first-order valence-electron chi connectivity index (χ1n) is 14.2. The number of carbonyl (C=O) groups is 3. The van der Waals surface area contributed by atoms with Crippen molar-refractivity contribution >= 4 is 24.0 Å². The van der Waals surface area contributed by atoms with Gasteiger partial charge in [-0.3, -0.25) is 4.79 Å². The molecule has 1 heterocycles. The van der Waals surface area contributed by atoms with Gasteiger partial charge in [-0.2, -0.15) is 0 Å². The summed E-state index contributed by atoms with van der Waals surface area (Å²) < 4.78 is 25.1. The van der Waals surface area contributed by atoms with Gasteiger partial charge in [-0.15, -0.1) is 0 Å². The molecule has 0 amide bonds. The standard InChI is InChI=1S/C33H38O8/c1-20-16-18-24(38-21(2)34)32(5)29(40-30(37)23-14-10-7-11-15-23)27(26-28(36)33(20,32)41-31(26,3)4)39-25(35)19-17-22-12-8-6-9-13-22/h6-15,17,19-20,24,26-29,36H,16,18H2,1-5H3/b19-17-/t20-,24+,26-,27+,28-,29+,32+,33-/m1/s1. The molecule has 2 aromatic carbocycles. The van der Waals surface area contributed by atoms with Crippen molar-refractivity contribution in [2.75, 3.05) is 0 Å². The van der Waals surface area contributed by atoms with Crippen LogP contribution in [0.2, 0.25) is 0 Å². The number of fused-ring (bicyclic) bond motifs is 1. The van der Waals surface area contributed by atoms with Crippen molar-refractivity contribution in [2.45, 2.75) is 83.1 Å². The molecule has 8 atom stereocenters. The highest BCUT2D eigenvalue weighted by Crippen LogP contribution is 2.67. The summed E-state index contributed by atoms with van der Waals surface area (Å²) in [7, 11) is 0. The minimum atomic E-state index is -1.25. The highest BCUT2D eigenvalue weighted by atomic mass is 16.6. The molecule has 2 saturated carbocycles. The zero-order chi connectivity index (χ0) is 29.6. The van der Waals surface area contributed by atoms with Gasteiger partial charge in [0.2, 0.25) is 0 Å². The van der Waals surface area contributed by atoms with E-state index in [1.807, 2.05) is 58.0 Å². The number of hydrogen-bond donors (Lipinski definition) is 1. The topological polar surface area (TPSA) is 108 Å². The maximum atomic E-state index is 13.6. The third kappa shape index (κ3) is 4.77. The monoisotopic (exact) mass is 562 g/mol. The van der Waals surface area contributed by atoms with Crippen LogP contribution < -0.4 is 0 Å². The van der Waals surface area contributed by atoms with Gasteiger partial charge in [-0.1, -0.05) is 55.5 Å². The summed E-state index contributed by atoms with van der Waals surface area (Å²) in [6.45, 7) is 8.84. The third-order valence-electron chi connectivity index (χ3n) is 9.38. The van der Waals surface area contributed by atoms with Gasteiger partial charge in [0.25, 0.3) is 0 Å². The summed E-state index contributed by atoms with van der Waals surface area (Å²) >= 11 is 0. The van der Waals surface area contributed by atoms with Gasteiger partial charge in [-0.25, -0.2) is 9.59 Å². The van der Waals surface area contributed by atoms with Crippen LogP contribution in [0.25, 0.3) is 6.08 Å². The van der Waals surface area contributed by atoms with Crippen LogP contribution in [0.5, 0.6) is 0 Å². The lowest BCUT2D eigenvalue weighted by atomic mass is 9.48. The Morgan fingerprint density at radius 1 is 0.927 bits per heavy atom. The Kier molecular flexibility index (Phi) is 7.59. The van der Waals surface area contributed by atoms with E-state index in [0.29, 0.717) is 18.4 Å². The number of aliphatic hydroxyl groups is 1. The van der Waals surface area contributed by atoms with Crippen molar-refractivity contribution < 1.29 is 38.4 Å². The van der Waals surface area contributed by atoms with Crippen molar-refractivity contribution in [3.63, 3.8) is 0 Å². The second-order valence-corrected chi connectivity index (χ2v) is 12.2. The summed E-state index contributed by atoms with van der Waals surface area (Å²) in [4.78, 5) is 39.2. The molecule has 2 bridgehead atoms. The predicted octanol–water partition coefficient (Wildman–Crippen LogP) is 4.74. The highest BCUT2D eigenvalue weighted by molar-refractivity contribution is 5.90. The Hall–Kier alpha value is -3.49. The normalized spacial score (nSPS) is 35.4. The average Bonchev–Trinajstić information content (AvgIpc) is 3.12. The van der Waals surface area contributed by atoms with E-state index >= 15 is 0 Å². The van der Waals surface area contributed by atoms with E-state index in [4.69, 9.17) is 18.9 Å². The molecule has 8 nitrogen and oxygen atoms in total. The number of carbonyl (C=O) groups excluding carboxylic acids is 3. The maximum absolute atomic E-state index is 13.6. The molecule has 41 heavy (non-hydrogen) atoms. The van der Waals surface area contributed by atoms with Crippen LogP contribution in [0.3, 0.4) is 0 Å². The largest absolute Gasteiger partial charge is 0.462 e. The van der Waals surface area contributed by atoms with Crippen LogP contribution in [-0.2, 0) is 28.5 Å². The van der Waals surface area contributed by atoms with E-state index in [-0.39, 0.29) is 5.92 Å². The number of aliphatic hydroxyl groups excluding tert-OH is 1. The number of hydrogen-bond acceptors (Lipinski definition) is 8. The maximum Gasteiger partial charge on any atom is 0.338 e. The van der Waals surface area contributed by atoms with E-state index in [9.17, 15) is 19.5 Å². The van der Waals surface area contributed by atoms with Gasteiger partial charge in [-0.05, 0) is 63.3 Å². The molecule has 0 unspecified atom stereocenters. The lowest BCUT2D eigenvalue weighted by molar-refractivity contribution is -0.296. The molecule has 5 rings (SSSR count). The molecule has 1 saturated heterocycles. The van der Waals surface area contributed by atoms with Crippen LogP contribution in [0.15, 0.2) is 66.7 Å². The molecule has 8 heteroatoms. The summed E-state index contributed by atoms with van der Waals surface area (Å²) in [6, 6.07) is 17.9. The van der Waals surface area contributed by atoms with Crippen LogP contribution in [0.1, 0.15) is 63.4 Å². The summed E-state index contributed by atoms with van der Waals surface area (Å²) in [5, 5.41) is 12.1. The number of ether oxygens (including phenoxy) is 4. The predicted molar refractivity (Wildman–Crippen MR) is 150 cm³/mol. The van der Waals surface area contributed by atoms with E-state index in [0.717, 1.165) is 5.56 Å². The second-order valence-electron chi connectivity index (χ2n) is 12.2. The number of benzene rings is 2. The van der Waals surface area contributed by atoms with Crippen molar-refractivity contribution in [2.24, 2.45) is 17.3 Å². The van der Waals surface area contributed by atoms with Gasteiger partial charge >= 0.3 is 17.9 Å². The lowest BCUT2D eigenvalue weighted by Gasteiger charge is -2.62. The second kappa shape index (κ2) is 10.7. The average molecular weight is 563 g/mol. The summed E-state index contributed by atoms with van der Waals surface area (Å²) in [5.41, 5.74) is -2.31. The van der Waals surface area contributed by atoms with Gasteiger partial charge in [0, 0.05) is 13.0 Å². The van der Waals surface area contributed by atoms with Crippen molar-refractivity contribution in [1.29, 1.82) is 0 Å². The Balaban J connectivity index is 1.62. The van der Waals surface area contributed by atoms with Crippen molar-refractivity contribution in [3.05, 3.63) is 77.9 Å². The number of rotatable bonds is 6. The van der Waals surface area contributed by atoms with Gasteiger partial charge in [0.15, 0.2) is 6.10 Å². The van der Waals surface area contributed by atoms with Crippen LogP contribution in [0.4, 0.5) is 0 Å². The van der Waals surface area contributed by atoms with Crippen molar-refractivity contribution in [3.8, 4) is 0 Å². The van der Waals surface area contributed by atoms with Crippen LogP contribution >= 0.6 is 0 Å². The summed E-state index contributed by atoms with van der Waals surface area (Å²) in [6.07, 6.45) is 0.00673.